The molecule has 9 nitrogen and oxygen atoms in total. The number of ether oxygens (including phenoxy) is 3. The molecule has 2 N–H and O–H groups in total. The summed E-state index contributed by atoms with van der Waals surface area (Å²) in [6.07, 6.45) is 4.73. The zero-order chi connectivity index (χ0) is 23.5. The Hall–Kier alpha value is -4.53. The molecule has 0 atom stereocenters. The molecule has 0 unspecified atom stereocenters. The zero-order valence-corrected chi connectivity index (χ0v) is 18.5. The van der Waals surface area contributed by atoms with E-state index in [9.17, 15) is 4.79 Å². The smallest absolute Gasteiger partial charge is 0.276 e. The third-order valence-electron chi connectivity index (χ3n) is 4.96. The molecule has 1 aliphatic heterocycles. The largest absolute Gasteiger partial charge is 0.494 e. The quantitative estimate of drug-likeness (QED) is 0.548. The summed E-state index contributed by atoms with van der Waals surface area (Å²) in [7, 11) is 4.70. The lowest BCUT2D eigenvalue weighted by molar-refractivity contribution is 0.0843. The van der Waals surface area contributed by atoms with Gasteiger partial charge in [0.25, 0.3) is 5.91 Å². The second-order valence-electron chi connectivity index (χ2n) is 7.13. The first-order valence-electron chi connectivity index (χ1n) is 9.97. The average Bonchev–Trinajstić information content (AvgIpc) is 3.47. The van der Waals surface area contributed by atoms with E-state index >= 15 is 0 Å². The van der Waals surface area contributed by atoms with E-state index in [1.165, 1.54) is 18.2 Å². The number of nitrogen functional groups attached to an aromatic ring is 1. The lowest BCUT2D eigenvalue weighted by Gasteiger charge is -2.14. The van der Waals surface area contributed by atoms with Crippen molar-refractivity contribution < 1.29 is 19.0 Å². The number of carbonyl (C=O) groups is 1. The molecule has 3 aromatic rings. The van der Waals surface area contributed by atoms with E-state index in [4.69, 9.17) is 19.9 Å². The highest BCUT2D eigenvalue weighted by molar-refractivity contribution is 5.94. The van der Waals surface area contributed by atoms with Crippen LogP contribution < -0.4 is 24.8 Å². The number of nitrogens with two attached hydrogens (primary N) is 1. The normalized spacial score (nSPS) is 13.6. The number of hydrogen-bond acceptors (Lipinski definition) is 8. The minimum atomic E-state index is -0.325. The fourth-order valence-electron chi connectivity index (χ4n) is 3.21. The van der Waals surface area contributed by atoms with Gasteiger partial charge in [-0.05, 0) is 12.1 Å². The number of hydrogen-bond donors (Lipinski definition) is 1. The molecular weight excluding hydrogens is 422 g/mol. The molecule has 168 valence electrons. The molecule has 2 aromatic heterocycles. The molecule has 1 saturated heterocycles. The van der Waals surface area contributed by atoms with E-state index in [1.54, 1.807) is 38.7 Å². The maximum atomic E-state index is 13.0. The summed E-state index contributed by atoms with van der Waals surface area (Å²) >= 11 is 0. The van der Waals surface area contributed by atoms with Crippen LogP contribution in [0.25, 0.3) is 0 Å². The number of para-hydroxylation sites is 1. The van der Waals surface area contributed by atoms with Crippen LogP contribution in [0.1, 0.15) is 10.5 Å². The van der Waals surface area contributed by atoms with Gasteiger partial charge in [0.1, 0.15) is 28.7 Å². The molecule has 1 aliphatic rings. The predicted octanol–water partition coefficient (Wildman–Crippen LogP) is 3.82. The number of anilines is 2. The van der Waals surface area contributed by atoms with Crippen LogP contribution in [0.3, 0.4) is 0 Å². The lowest BCUT2D eigenvalue weighted by atomic mass is 10.3. The molecule has 0 radical (unpaired) electrons. The molecule has 0 aliphatic carbocycles. The fraction of sp³-hybridized carbons (Fsp3) is 0.125. The van der Waals surface area contributed by atoms with Crippen LogP contribution in [0, 0.1) is 0 Å². The first-order chi connectivity index (χ1) is 15.9. The minimum Gasteiger partial charge on any atom is -0.494 e. The molecule has 0 bridgehead atoms. The summed E-state index contributed by atoms with van der Waals surface area (Å²) in [5.74, 6) is 2.02. The number of rotatable bonds is 7. The maximum absolute atomic E-state index is 13.0. The Morgan fingerprint density at radius 2 is 1.79 bits per heavy atom. The number of benzene rings is 1. The molecule has 33 heavy (non-hydrogen) atoms. The molecular formula is C24H23N5O4. The zero-order valence-electron chi connectivity index (χ0n) is 18.5. The van der Waals surface area contributed by atoms with Crippen LogP contribution in [0.2, 0.25) is 0 Å². The topological polar surface area (TPSA) is 103 Å². The van der Waals surface area contributed by atoms with Gasteiger partial charge in [0.2, 0.25) is 0 Å². The minimum absolute atomic E-state index is 0.205. The molecule has 0 saturated carbocycles. The second kappa shape index (κ2) is 8.91. The number of nitrogens with zero attached hydrogens (tertiary/aromatic N) is 4. The maximum Gasteiger partial charge on any atom is 0.276 e. The Labute approximate surface area is 191 Å². The van der Waals surface area contributed by atoms with Crippen molar-refractivity contribution in [1.29, 1.82) is 0 Å². The summed E-state index contributed by atoms with van der Waals surface area (Å²) in [4.78, 5) is 24.6. The summed E-state index contributed by atoms with van der Waals surface area (Å²) in [5, 5.41) is 0. The third kappa shape index (κ3) is 4.42. The Morgan fingerprint density at radius 3 is 2.48 bits per heavy atom. The summed E-state index contributed by atoms with van der Waals surface area (Å²) < 4.78 is 16.6. The van der Waals surface area contributed by atoms with Gasteiger partial charge in [-0.3, -0.25) is 4.79 Å². The number of amides is 1. The van der Waals surface area contributed by atoms with E-state index in [1.807, 2.05) is 35.2 Å². The van der Waals surface area contributed by atoms with Gasteiger partial charge in [0, 0.05) is 25.4 Å². The van der Waals surface area contributed by atoms with Gasteiger partial charge in [0.05, 0.1) is 38.0 Å². The number of aromatic nitrogens is 2. The molecule has 1 aromatic carbocycles. The lowest BCUT2D eigenvalue weighted by Crippen LogP contribution is -2.22. The Bertz CT molecular complexity index is 1240. The van der Waals surface area contributed by atoms with E-state index in [2.05, 4.69) is 16.5 Å². The van der Waals surface area contributed by atoms with Crippen LogP contribution in [0.5, 0.6) is 23.0 Å². The van der Waals surface area contributed by atoms with Crippen LogP contribution >= 0.6 is 0 Å². The van der Waals surface area contributed by atoms with E-state index in [0.29, 0.717) is 34.5 Å². The SMILES string of the molecule is C=C1/C(=C\N(C)C(=O)c2cc(OC)c(Oc3ccccc3)cn2)N1c1cnc(N)cc1OC. The number of carbonyl (C=O) groups excluding carboxylic acids is 1. The third-order valence-corrected chi connectivity index (χ3v) is 4.96. The van der Waals surface area contributed by atoms with Crippen molar-refractivity contribution in [2.45, 2.75) is 0 Å². The number of methoxy groups -OCH3 is 2. The van der Waals surface area contributed by atoms with Crippen molar-refractivity contribution in [3.63, 3.8) is 0 Å². The Balaban J connectivity index is 1.52. The van der Waals surface area contributed by atoms with Crippen molar-refractivity contribution in [3.05, 3.63) is 84.7 Å². The van der Waals surface area contributed by atoms with Crippen molar-refractivity contribution in [2.75, 3.05) is 31.9 Å². The second-order valence-corrected chi connectivity index (χ2v) is 7.13. The van der Waals surface area contributed by atoms with Crippen LogP contribution in [-0.2, 0) is 0 Å². The van der Waals surface area contributed by atoms with Crippen molar-refractivity contribution >= 4 is 17.4 Å². The van der Waals surface area contributed by atoms with Crippen LogP contribution in [0.15, 0.2) is 79.0 Å². The van der Waals surface area contributed by atoms with Gasteiger partial charge >= 0.3 is 0 Å². The Morgan fingerprint density at radius 1 is 1.06 bits per heavy atom. The first kappa shape index (κ1) is 21.7. The van der Waals surface area contributed by atoms with E-state index in [0.717, 1.165) is 11.4 Å². The monoisotopic (exact) mass is 445 g/mol. The van der Waals surface area contributed by atoms with Crippen LogP contribution in [0.4, 0.5) is 11.5 Å². The molecule has 4 rings (SSSR count). The van der Waals surface area contributed by atoms with Crippen molar-refractivity contribution in [1.82, 2.24) is 14.9 Å². The highest BCUT2D eigenvalue weighted by Gasteiger charge is 2.37. The molecule has 1 fully saturated rings. The summed E-state index contributed by atoms with van der Waals surface area (Å²) in [6, 6.07) is 12.4. The van der Waals surface area contributed by atoms with Crippen LogP contribution in [-0.4, -0.2) is 42.0 Å². The highest BCUT2D eigenvalue weighted by atomic mass is 16.5. The fourth-order valence-corrected chi connectivity index (χ4v) is 3.21. The van der Waals surface area contributed by atoms with Gasteiger partial charge in [-0.1, -0.05) is 24.8 Å². The molecule has 0 spiro atoms. The summed E-state index contributed by atoms with van der Waals surface area (Å²) in [5.41, 5.74) is 8.08. The molecule has 1 amide bonds. The average molecular weight is 445 g/mol. The standard InChI is InChI=1S/C24H23N5O4/c1-15-19(29(15)18-12-27-23(25)11-20(18)31-3)14-28(2)24(30)17-10-21(32-4)22(13-26-17)33-16-8-6-5-7-9-16/h5-14H,1H2,2-4H3,(H2,25,27)/b19-14+. The van der Waals surface area contributed by atoms with E-state index < -0.39 is 0 Å². The van der Waals surface area contributed by atoms with Gasteiger partial charge in [-0.2, -0.15) is 0 Å². The van der Waals surface area contributed by atoms with Gasteiger partial charge < -0.3 is 29.7 Å². The summed E-state index contributed by atoms with van der Waals surface area (Å²) in [6.45, 7) is 4.02. The van der Waals surface area contributed by atoms with Gasteiger partial charge in [-0.15, -0.1) is 0 Å². The number of pyridine rings is 2. The highest BCUT2D eigenvalue weighted by Crippen LogP contribution is 2.46. The molecule has 3 heterocycles. The first-order valence-corrected chi connectivity index (χ1v) is 9.97. The predicted molar refractivity (Wildman–Crippen MR) is 124 cm³/mol. The van der Waals surface area contributed by atoms with Gasteiger partial charge in [-0.25, -0.2) is 9.97 Å². The van der Waals surface area contributed by atoms with Gasteiger partial charge in [0.15, 0.2) is 11.5 Å². The van der Waals surface area contributed by atoms with Crippen molar-refractivity contribution in [3.8, 4) is 23.0 Å². The van der Waals surface area contributed by atoms with E-state index in [-0.39, 0.29) is 11.6 Å². The Kier molecular flexibility index (Phi) is 5.86. The van der Waals surface area contributed by atoms with Crippen molar-refractivity contribution in [2.24, 2.45) is 0 Å². The molecule has 9 heteroatoms.